The lowest BCUT2D eigenvalue weighted by atomic mass is 10.0. The molecule has 23 heavy (non-hydrogen) atoms. The van der Waals surface area contributed by atoms with Crippen LogP contribution < -0.4 is 5.73 Å². The number of rotatable bonds is 3. The lowest BCUT2D eigenvalue weighted by Gasteiger charge is -2.26. The molecule has 6 heteroatoms. The van der Waals surface area contributed by atoms with Gasteiger partial charge in [0, 0.05) is 42.3 Å². The van der Waals surface area contributed by atoms with Crippen LogP contribution in [0.15, 0.2) is 30.3 Å². The number of aromatic hydroxyl groups is 1. The van der Waals surface area contributed by atoms with Crippen molar-refractivity contribution in [2.45, 2.75) is 6.54 Å². The van der Waals surface area contributed by atoms with Gasteiger partial charge in [-0.3, -0.25) is 4.90 Å². The Morgan fingerprint density at radius 3 is 2.43 bits per heavy atom. The largest absolute Gasteiger partial charge is 0.505 e. The summed E-state index contributed by atoms with van der Waals surface area (Å²) < 4.78 is 28.8. The van der Waals surface area contributed by atoms with Crippen LogP contribution in [0, 0.1) is 11.6 Å². The van der Waals surface area contributed by atoms with Gasteiger partial charge in [0.2, 0.25) is 0 Å². The predicted molar refractivity (Wildman–Crippen MR) is 90.5 cm³/mol. The summed E-state index contributed by atoms with van der Waals surface area (Å²) in [5.74, 6) is 0.615. The standard InChI is InChI=1S/C17H18F2N2OS/c18-14-8-11(12-2-1-3-16(20)17(12)22)9-15(19)13(14)10-21-4-6-23-7-5-21/h1-3,8-9,22H,4-7,10,20H2. The first-order valence-corrected chi connectivity index (χ1v) is 8.57. The molecule has 1 aliphatic rings. The maximum absolute atomic E-state index is 14.4. The number of nitrogens with zero attached hydrogens (tertiary/aromatic N) is 1. The van der Waals surface area contributed by atoms with Crippen molar-refractivity contribution in [3.05, 3.63) is 47.5 Å². The highest BCUT2D eigenvalue weighted by molar-refractivity contribution is 7.99. The van der Waals surface area contributed by atoms with E-state index in [1.54, 1.807) is 12.1 Å². The maximum Gasteiger partial charge on any atom is 0.146 e. The lowest BCUT2D eigenvalue weighted by molar-refractivity contribution is 0.284. The second kappa shape index (κ2) is 6.76. The number of thioether (sulfide) groups is 1. The van der Waals surface area contributed by atoms with Gasteiger partial charge < -0.3 is 10.8 Å². The summed E-state index contributed by atoms with van der Waals surface area (Å²) in [6.07, 6.45) is 0. The zero-order chi connectivity index (χ0) is 16.4. The molecule has 0 saturated carbocycles. The van der Waals surface area contributed by atoms with Crippen LogP contribution in [-0.4, -0.2) is 34.6 Å². The topological polar surface area (TPSA) is 49.5 Å². The molecular formula is C17H18F2N2OS. The van der Waals surface area contributed by atoms with Crippen LogP contribution in [0.3, 0.4) is 0 Å². The van der Waals surface area contributed by atoms with E-state index in [1.807, 2.05) is 11.8 Å². The van der Waals surface area contributed by atoms with Gasteiger partial charge in [0.15, 0.2) is 0 Å². The first kappa shape index (κ1) is 16.1. The normalized spacial score (nSPS) is 15.7. The molecule has 1 aliphatic heterocycles. The van der Waals surface area contributed by atoms with Crippen LogP contribution in [0.2, 0.25) is 0 Å². The minimum absolute atomic E-state index is 0.0732. The van der Waals surface area contributed by atoms with Crippen molar-refractivity contribution in [1.29, 1.82) is 0 Å². The molecule has 2 aromatic rings. The van der Waals surface area contributed by atoms with Crippen molar-refractivity contribution in [3.8, 4) is 16.9 Å². The first-order valence-electron chi connectivity index (χ1n) is 7.42. The molecule has 0 unspecified atom stereocenters. The van der Waals surface area contributed by atoms with E-state index in [1.165, 1.54) is 18.2 Å². The first-order chi connectivity index (χ1) is 11.1. The fourth-order valence-corrected chi connectivity index (χ4v) is 3.67. The van der Waals surface area contributed by atoms with Crippen molar-refractivity contribution in [2.75, 3.05) is 30.3 Å². The molecule has 1 fully saturated rings. The molecule has 0 spiro atoms. The van der Waals surface area contributed by atoms with Gasteiger partial charge >= 0.3 is 0 Å². The van der Waals surface area contributed by atoms with Crippen LogP contribution in [0.5, 0.6) is 5.75 Å². The van der Waals surface area contributed by atoms with Gasteiger partial charge in [-0.1, -0.05) is 12.1 Å². The van der Waals surface area contributed by atoms with Gasteiger partial charge in [-0.25, -0.2) is 8.78 Å². The van der Waals surface area contributed by atoms with Gasteiger partial charge in [-0.05, 0) is 23.8 Å². The zero-order valence-corrected chi connectivity index (χ0v) is 13.4. The second-order valence-corrected chi connectivity index (χ2v) is 6.78. The SMILES string of the molecule is Nc1cccc(-c2cc(F)c(CN3CCSCC3)c(F)c2)c1O. The smallest absolute Gasteiger partial charge is 0.146 e. The van der Waals surface area contributed by atoms with Crippen molar-refractivity contribution < 1.29 is 13.9 Å². The van der Waals surface area contributed by atoms with Gasteiger partial charge in [0.25, 0.3) is 0 Å². The van der Waals surface area contributed by atoms with Crippen LogP contribution in [0.1, 0.15) is 5.56 Å². The molecule has 1 heterocycles. The molecule has 1 saturated heterocycles. The number of phenolic OH excluding ortho intramolecular Hbond substituents is 1. The summed E-state index contributed by atoms with van der Waals surface area (Å²) >= 11 is 1.85. The van der Waals surface area contributed by atoms with E-state index in [0.717, 1.165) is 24.6 Å². The zero-order valence-electron chi connectivity index (χ0n) is 12.6. The highest BCUT2D eigenvalue weighted by Gasteiger charge is 2.18. The summed E-state index contributed by atoms with van der Waals surface area (Å²) in [6, 6.07) is 7.27. The maximum atomic E-state index is 14.4. The Hall–Kier alpha value is -1.79. The molecular weight excluding hydrogens is 318 g/mol. The number of hydrogen-bond donors (Lipinski definition) is 2. The molecule has 3 rings (SSSR count). The minimum atomic E-state index is -0.597. The third kappa shape index (κ3) is 3.43. The highest BCUT2D eigenvalue weighted by atomic mass is 32.2. The van der Waals surface area contributed by atoms with Gasteiger partial charge in [-0.2, -0.15) is 11.8 Å². The number of phenols is 1. The second-order valence-electron chi connectivity index (χ2n) is 5.55. The Kier molecular flexibility index (Phi) is 4.73. The summed E-state index contributed by atoms with van der Waals surface area (Å²) in [5, 5.41) is 9.98. The van der Waals surface area contributed by atoms with E-state index in [9.17, 15) is 13.9 Å². The average molecular weight is 336 g/mol. The highest BCUT2D eigenvalue weighted by Crippen LogP contribution is 2.35. The molecule has 0 bridgehead atoms. The number of halogens is 2. The summed E-state index contributed by atoms with van der Waals surface area (Å²) in [7, 11) is 0. The number of anilines is 1. The molecule has 0 radical (unpaired) electrons. The van der Waals surface area contributed by atoms with E-state index in [4.69, 9.17) is 5.73 Å². The van der Waals surface area contributed by atoms with Crippen molar-refractivity contribution in [3.63, 3.8) is 0 Å². The van der Waals surface area contributed by atoms with Crippen LogP contribution >= 0.6 is 11.8 Å². The molecule has 0 amide bonds. The van der Waals surface area contributed by atoms with Gasteiger partial charge in [0.1, 0.15) is 17.4 Å². The molecule has 2 aromatic carbocycles. The number of para-hydroxylation sites is 1. The number of nitrogens with two attached hydrogens (primary N) is 1. The molecule has 0 aromatic heterocycles. The number of hydrogen-bond acceptors (Lipinski definition) is 4. The summed E-state index contributed by atoms with van der Waals surface area (Å²) in [4.78, 5) is 2.05. The molecule has 0 aliphatic carbocycles. The number of nitrogen functional groups attached to an aromatic ring is 1. The fourth-order valence-electron chi connectivity index (χ4n) is 2.69. The Morgan fingerprint density at radius 1 is 1.13 bits per heavy atom. The molecule has 0 atom stereocenters. The van der Waals surface area contributed by atoms with Gasteiger partial charge in [0.05, 0.1) is 5.69 Å². The van der Waals surface area contributed by atoms with Crippen molar-refractivity contribution >= 4 is 17.4 Å². The van der Waals surface area contributed by atoms with Crippen LogP contribution in [0.4, 0.5) is 14.5 Å². The van der Waals surface area contributed by atoms with Crippen molar-refractivity contribution in [1.82, 2.24) is 4.90 Å². The van der Waals surface area contributed by atoms with Crippen LogP contribution in [0.25, 0.3) is 11.1 Å². The summed E-state index contributed by atoms with van der Waals surface area (Å²) in [6.45, 7) is 1.93. The van der Waals surface area contributed by atoms with Crippen molar-refractivity contribution in [2.24, 2.45) is 0 Å². The Balaban J connectivity index is 1.92. The Bertz CT molecular complexity index is 695. The monoisotopic (exact) mass is 336 g/mol. The Morgan fingerprint density at radius 2 is 1.78 bits per heavy atom. The van der Waals surface area contributed by atoms with E-state index in [-0.39, 0.29) is 29.1 Å². The van der Waals surface area contributed by atoms with E-state index in [2.05, 4.69) is 4.90 Å². The Labute approximate surface area is 138 Å². The molecule has 122 valence electrons. The molecule has 3 nitrogen and oxygen atoms in total. The number of benzene rings is 2. The minimum Gasteiger partial charge on any atom is -0.505 e. The lowest BCUT2D eigenvalue weighted by Crippen LogP contribution is -2.32. The average Bonchev–Trinajstić information content (AvgIpc) is 2.54. The van der Waals surface area contributed by atoms with E-state index < -0.39 is 11.6 Å². The van der Waals surface area contributed by atoms with E-state index in [0.29, 0.717) is 5.56 Å². The van der Waals surface area contributed by atoms with Crippen LogP contribution in [-0.2, 0) is 6.54 Å². The summed E-state index contributed by atoms with van der Waals surface area (Å²) in [5.41, 5.74) is 6.50. The predicted octanol–water partition coefficient (Wildman–Crippen LogP) is 3.47. The third-order valence-electron chi connectivity index (χ3n) is 4.00. The van der Waals surface area contributed by atoms with Gasteiger partial charge in [-0.15, -0.1) is 0 Å². The quantitative estimate of drug-likeness (QED) is 0.666. The third-order valence-corrected chi connectivity index (χ3v) is 4.95. The fraction of sp³-hybridized carbons (Fsp3) is 0.294. The molecule has 3 N–H and O–H groups in total. The van der Waals surface area contributed by atoms with E-state index >= 15 is 0 Å².